The number of ether oxygens (including phenoxy) is 1. The van der Waals surface area contributed by atoms with Crippen LogP contribution in [0.2, 0.25) is 0 Å². The minimum atomic E-state index is -0.900. The molecular weight excluding hydrogens is 399 g/mol. The second kappa shape index (κ2) is 12.5. The molecule has 2 aliphatic rings. The van der Waals surface area contributed by atoms with E-state index in [2.05, 4.69) is 53.5 Å². The van der Waals surface area contributed by atoms with E-state index < -0.39 is 5.97 Å². The van der Waals surface area contributed by atoms with E-state index in [1.807, 2.05) is 0 Å². The zero-order valence-corrected chi connectivity index (χ0v) is 18.0. The molecule has 0 aromatic heterocycles. The molecule has 5 nitrogen and oxygen atoms in total. The van der Waals surface area contributed by atoms with Gasteiger partial charge in [0.15, 0.2) is 0 Å². The number of rotatable bonds is 9. The van der Waals surface area contributed by atoms with Gasteiger partial charge in [0.25, 0.3) is 0 Å². The van der Waals surface area contributed by atoms with Crippen LogP contribution in [-0.4, -0.2) is 60.9 Å². The third kappa shape index (κ3) is 8.10. The smallest absolute Gasteiger partial charge is 0.329 e. The second-order valence-electron chi connectivity index (χ2n) is 7.48. The van der Waals surface area contributed by atoms with E-state index in [0.29, 0.717) is 24.6 Å². The van der Waals surface area contributed by atoms with Crippen LogP contribution in [0.3, 0.4) is 0 Å². The zero-order valence-electron chi connectivity index (χ0n) is 16.4. The fourth-order valence-corrected chi connectivity index (χ4v) is 3.78. The molecule has 1 saturated heterocycles. The van der Waals surface area contributed by atoms with Crippen LogP contribution >= 0.6 is 24.8 Å². The third-order valence-electron chi connectivity index (χ3n) is 5.38. The van der Waals surface area contributed by atoms with E-state index in [-0.39, 0.29) is 31.4 Å². The maximum Gasteiger partial charge on any atom is 0.329 e. The summed E-state index contributed by atoms with van der Waals surface area (Å²) in [6.07, 6.45) is 5.87. The van der Waals surface area contributed by atoms with Gasteiger partial charge in [0.1, 0.15) is 6.61 Å². The molecule has 1 aromatic carbocycles. The summed E-state index contributed by atoms with van der Waals surface area (Å²) < 4.78 is 5.13. The number of hydrogen-bond acceptors (Lipinski definition) is 4. The lowest BCUT2D eigenvalue weighted by Crippen LogP contribution is -2.44. The maximum absolute atomic E-state index is 10.4. The summed E-state index contributed by atoms with van der Waals surface area (Å²) in [7, 11) is 0. The van der Waals surface area contributed by atoms with Gasteiger partial charge in [0.2, 0.25) is 0 Å². The van der Waals surface area contributed by atoms with Crippen LogP contribution in [0, 0.1) is 5.92 Å². The number of carboxylic acids is 1. The van der Waals surface area contributed by atoms with Crippen molar-refractivity contribution in [2.75, 3.05) is 32.8 Å². The summed E-state index contributed by atoms with van der Waals surface area (Å²) in [5.41, 5.74) is 2.76. The van der Waals surface area contributed by atoms with Crippen LogP contribution in [0.15, 0.2) is 35.9 Å². The molecule has 0 unspecified atom stereocenters. The fourth-order valence-electron chi connectivity index (χ4n) is 3.78. The molecule has 0 amide bonds. The molecule has 2 N–H and O–H groups in total. The molecule has 0 bridgehead atoms. The van der Waals surface area contributed by atoms with E-state index in [1.54, 1.807) is 0 Å². The van der Waals surface area contributed by atoms with Crippen molar-refractivity contribution in [1.82, 2.24) is 10.2 Å². The number of carboxylic acid groups (broad SMARTS) is 1. The van der Waals surface area contributed by atoms with Crippen molar-refractivity contribution in [3.8, 4) is 0 Å². The number of piperidine rings is 1. The number of hydrogen-bond donors (Lipinski definition) is 2. The zero-order chi connectivity index (χ0) is 18.4. The lowest BCUT2D eigenvalue weighted by atomic mass is 10.0. The van der Waals surface area contributed by atoms with Crippen LogP contribution in [0.1, 0.15) is 31.7 Å². The minimum absolute atomic E-state index is 0. The van der Waals surface area contributed by atoms with Gasteiger partial charge in [-0.05, 0) is 50.8 Å². The Morgan fingerprint density at radius 1 is 1.25 bits per heavy atom. The molecule has 0 radical (unpaired) electrons. The number of halogens is 2. The molecule has 3 rings (SSSR count). The largest absolute Gasteiger partial charge is 0.480 e. The van der Waals surface area contributed by atoms with Crippen LogP contribution in [0.5, 0.6) is 0 Å². The normalized spacial score (nSPS) is 22.8. The van der Waals surface area contributed by atoms with Gasteiger partial charge in [-0.15, -0.1) is 24.8 Å². The Kier molecular flexibility index (Phi) is 11.1. The van der Waals surface area contributed by atoms with Gasteiger partial charge in [-0.2, -0.15) is 0 Å². The molecule has 28 heavy (non-hydrogen) atoms. The van der Waals surface area contributed by atoms with E-state index in [1.165, 1.54) is 17.6 Å². The van der Waals surface area contributed by atoms with Gasteiger partial charge in [-0.3, -0.25) is 0 Å². The van der Waals surface area contributed by atoms with Crippen molar-refractivity contribution < 1.29 is 14.6 Å². The topological polar surface area (TPSA) is 61.8 Å². The summed E-state index contributed by atoms with van der Waals surface area (Å²) in [5, 5.41) is 12.4. The van der Waals surface area contributed by atoms with Gasteiger partial charge in [-0.25, -0.2) is 4.79 Å². The van der Waals surface area contributed by atoms with Crippen molar-refractivity contribution in [3.05, 3.63) is 41.5 Å². The quantitative estimate of drug-likeness (QED) is 0.587. The first kappa shape index (κ1) is 24.9. The number of likely N-dealkylation sites (tertiary alicyclic amines) is 1. The number of benzene rings is 1. The molecule has 158 valence electrons. The second-order valence-corrected chi connectivity index (χ2v) is 7.48. The van der Waals surface area contributed by atoms with Gasteiger partial charge < -0.3 is 20.1 Å². The molecule has 1 heterocycles. The average molecular weight is 431 g/mol. The molecule has 2 fully saturated rings. The van der Waals surface area contributed by atoms with Crippen LogP contribution in [0.4, 0.5) is 0 Å². The van der Waals surface area contributed by atoms with Gasteiger partial charge in [0, 0.05) is 18.6 Å². The third-order valence-corrected chi connectivity index (χ3v) is 5.38. The Balaban J connectivity index is 0.00000196. The van der Waals surface area contributed by atoms with E-state index in [4.69, 9.17) is 9.84 Å². The van der Waals surface area contributed by atoms with Crippen molar-refractivity contribution >= 4 is 36.9 Å². The first-order chi connectivity index (χ1) is 12.6. The Bertz CT molecular complexity index is 619. The highest BCUT2D eigenvalue weighted by Gasteiger charge is 2.39. The monoisotopic (exact) mass is 430 g/mol. The van der Waals surface area contributed by atoms with Crippen molar-refractivity contribution in [3.63, 3.8) is 0 Å². The summed E-state index contributed by atoms with van der Waals surface area (Å²) in [6, 6.07) is 11.8. The highest BCUT2D eigenvalue weighted by Crippen LogP contribution is 2.38. The number of carbonyl (C=O) groups is 1. The van der Waals surface area contributed by atoms with Crippen molar-refractivity contribution in [1.29, 1.82) is 0 Å². The van der Waals surface area contributed by atoms with E-state index in [0.717, 1.165) is 32.5 Å². The number of aliphatic carboxylic acids is 1. The van der Waals surface area contributed by atoms with Gasteiger partial charge in [0.05, 0.1) is 6.61 Å². The van der Waals surface area contributed by atoms with Gasteiger partial charge in [-0.1, -0.05) is 42.0 Å². The molecule has 1 saturated carbocycles. The fraction of sp³-hybridized carbons (Fsp3) is 0.571. The SMILES string of the molecule is CC(=Cc1ccccc1)[C@@H]1C[C@H]1NC1CCN(CCOCC(=O)O)CC1.Cl.Cl. The van der Waals surface area contributed by atoms with Gasteiger partial charge >= 0.3 is 5.97 Å². The summed E-state index contributed by atoms with van der Waals surface area (Å²) in [5.74, 6) is -0.221. The molecular formula is C21H32Cl2N2O3. The summed E-state index contributed by atoms with van der Waals surface area (Å²) >= 11 is 0. The Morgan fingerprint density at radius 2 is 1.93 bits per heavy atom. The lowest BCUT2D eigenvalue weighted by molar-refractivity contribution is -0.142. The predicted molar refractivity (Wildman–Crippen MR) is 118 cm³/mol. The number of nitrogens with zero attached hydrogens (tertiary/aromatic N) is 1. The molecule has 1 aromatic rings. The first-order valence-electron chi connectivity index (χ1n) is 9.63. The van der Waals surface area contributed by atoms with Crippen molar-refractivity contribution in [2.24, 2.45) is 5.92 Å². The maximum atomic E-state index is 10.4. The lowest BCUT2D eigenvalue weighted by Gasteiger charge is -2.32. The molecule has 1 aliphatic carbocycles. The summed E-state index contributed by atoms with van der Waals surface area (Å²) in [4.78, 5) is 12.8. The Hall–Kier alpha value is -1.11. The molecule has 0 spiro atoms. The molecule has 2 atom stereocenters. The van der Waals surface area contributed by atoms with E-state index >= 15 is 0 Å². The summed E-state index contributed by atoms with van der Waals surface area (Å²) in [6.45, 7) is 5.49. The standard InChI is InChI=1S/C21H30N2O3.2ClH/c1-16(13-17-5-3-2-4-6-17)19-14-20(19)22-18-7-9-23(10-8-18)11-12-26-15-21(24)25;;/h2-6,13,18-20,22H,7-12,14-15H2,1H3,(H,24,25);2*1H/t19-,20+;;/m0../s1. The minimum Gasteiger partial charge on any atom is -0.480 e. The predicted octanol–water partition coefficient (Wildman–Crippen LogP) is 3.48. The van der Waals surface area contributed by atoms with Crippen LogP contribution in [-0.2, 0) is 9.53 Å². The average Bonchev–Trinajstić information content (AvgIpc) is 3.40. The molecule has 1 aliphatic heterocycles. The highest BCUT2D eigenvalue weighted by atomic mass is 35.5. The molecule has 7 heteroatoms. The van der Waals surface area contributed by atoms with Crippen LogP contribution in [0.25, 0.3) is 6.08 Å². The van der Waals surface area contributed by atoms with E-state index in [9.17, 15) is 4.79 Å². The Morgan fingerprint density at radius 3 is 2.57 bits per heavy atom. The highest BCUT2D eigenvalue weighted by molar-refractivity contribution is 5.85. The Labute approximate surface area is 180 Å². The van der Waals surface area contributed by atoms with Crippen LogP contribution < -0.4 is 5.32 Å². The number of nitrogens with one attached hydrogen (secondary N) is 1. The first-order valence-corrected chi connectivity index (χ1v) is 9.63. The van der Waals surface area contributed by atoms with Crippen molar-refractivity contribution in [2.45, 2.75) is 38.3 Å².